The van der Waals surface area contributed by atoms with Crippen LogP contribution in [0.4, 0.5) is 16.2 Å². The molecule has 0 saturated heterocycles. The summed E-state index contributed by atoms with van der Waals surface area (Å²) < 4.78 is 5.46. The Labute approximate surface area is 126 Å². The van der Waals surface area contributed by atoms with E-state index in [0.717, 1.165) is 6.20 Å². The third kappa shape index (κ3) is 3.92. The van der Waals surface area contributed by atoms with Gasteiger partial charge in [0, 0.05) is 31.9 Å². The van der Waals surface area contributed by atoms with Gasteiger partial charge < -0.3 is 15.0 Å². The highest BCUT2D eigenvalue weighted by molar-refractivity contribution is 5.88. The van der Waals surface area contributed by atoms with Crippen molar-refractivity contribution in [3.8, 4) is 11.6 Å². The highest BCUT2D eigenvalue weighted by atomic mass is 16.6. The van der Waals surface area contributed by atoms with E-state index in [2.05, 4.69) is 10.3 Å². The molecule has 0 saturated carbocycles. The van der Waals surface area contributed by atoms with Crippen molar-refractivity contribution in [1.29, 1.82) is 0 Å². The zero-order chi connectivity index (χ0) is 16.1. The number of anilines is 1. The highest BCUT2D eigenvalue weighted by Gasteiger charge is 2.07. The average molecular weight is 302 g/mol. The van der Waals surface area contributed by atoms with Crippen molar-refractivity contribution in [2.75, 3.05) is 19.4 Å². The number of nitrogens with zero attached hydrogens (tertiary/aromatic N) is 3. The maximum Gasteiger partial charge on any atom is 0.321 e. The Morgan fingerprint density at radius 3 is 2.41 bits per heavy atom. The number of amides is 2. The molecule has 1 aromatic carbocycles. The minimum atomic E-state index is -0.529. The lowest BCUT2D eigenvalue weighted by Gasteiger charge is -2.12. The van der Waals surface area contributed by atoms with E-state index in [9.17, 15) is 14.9 Å². The van der Waals surface area contributed by atoms with Gasteiger partial charge in [-0.1, -0.05) is 0 Å². The summed E-state index contributed by atoms with van der Waals surface area (Å²) in [5.41, 5.74) is 0.525. The normalized spacial score (nSPS) is 9.91. The predicted octanol–water partition coefficient (Wildman–Crippen LogP) is 2.88. The number of nitro groups is 1. The van der Waals surface area contributed by atoms with E-state index >= 15 is 0 Å². The number of ether oxygens (including phenoxy) is 1. The lowest BCUT2D eigenvalue weighted by molar-refractivity contribution is -0.385. The van der Waals surface area contributed by atoms with Crippen LogP contribution >= 0.6 is 0 Å². The number of carbonyl (C=O) groups is 1. The quantitative estimate of drug-likeness (QED) is 0.691. The number of aromatic nitrogens is 1. The van der Waals surface area contributed by atoms with Crippen LogP contribution in [0, 0.1) is 10.1 Å². The van der Waals surface area contributed by atoms with Gasteiger partial charge in [0.1, 0.15) is 11.9 Å². The minimum Gasteiger partial charge on any atom is -0.439 e. The van der Waals surface area contributed by atoms with Crippen molar-refractivity contribution >= 4 is 17.4 Å². The molecule has 2 rings (SSSR count). The van der Waals surface area contributed by atoms with Crippen LogP contribution in [-0.4, -0.2) is 34.9 Å². The number of carbonyl (C=O) groups excluding carboxylic acids is 1. The van der Waals surface area contributed by atoms with E-state index in [-0.39, 0.29) is 17.6 Å². The zero-order valence-corrected chi connectivity index (χ0v) is 12.0. The minimum absolute atomic E-state index is 0.103. The standard InChI is InChI=1S/C14H14N4O4/c1-17(2)14(19)16-10-3-6-12(7-4-10)22-13-8-5-11(9-15-13)18(20)21/h3-9H,1-2H3,(H,16,19). The Balaban J connectivity index is 2.01. The molecule has 0 unspecified atom stereocenters. The molecule has 1 aromatic heterocycles. The number of hydrogen-bond acceptors (Lipinski definition) is 5. The first-order chi connectivity index (χ1) is 10.5. The van der Waals surface area contributed by atoms with Crippen LogP contribution in [0.5, 0.6) is 11.6 Å². The van der Waals surface area contributed by atoms with Crippen molar-refractivity contribution in [2.24, 2.45) is 0 Å². The van der Waals surface area contributed by atoms with Gasteiger partial charge in [-0.05, 0) is 24.3 Å². The van der Waals surface area contributed by atoms with Crippen LogP contribution in [0.1, 0.15) is 0 Å². The second kappa shape index (κ2) is 6.53. The van der Waals surface area contributed by atoms with Crippen molar-refractivity contribution < 1.29 is 14.5 Å². The average Bonchev–Trinajstić information content (AvgIpc) is 2.49. The van der Waals surface area contributed by atoms with Gasteiger partial charge in [0.05, 0.1) is 4.92 Å². The monoisotopic (exact) mass is 302 g/mol. The lowest BCUT2D eigenvalue weighted by Crippen LogP contribution is -2.27. The first-order valence-corrected chi connectivity index (χ1v) is 6.32. The molecule has 0 atom stereocenters. The molecule has 0 aliphatic carbocycles. The van der Waals surface area contributed by atoms with Crippen LogP contribution in [0.15, 0.2) is 42.6 Å². The molecule has 0 spiro atoms. The third-order valence-corrected chi connectivity index (χ3v) is 2.67. The van der Waals surface area contributed by atoms with Crippen LogP contribution in [0.2, 0.25) is 0 Å². The van der Waals surface area contributed by atoms with Crippen molar-refractivity contribution in [2.45, 2.75) is 0 Å². The van der Waals surface area contributed by atoms with Gasteiger partial charge >= 0.3 is 6.03 Å². The van der Waals surface area contributed by atoms with E-state index in [1.807, 2.05) is 0 Å². The van der Waals surface area contributed by atoms with Gasteiger partial charge in [-0.25, -0.2) is 9.78 Å². The lowest BCUT2D eigenvalue weighted by atomic mass is 10.3. The second-order valence-electron chi connectivity index (χ2n) is 4.56. The second-order valence-corrected chi connectivity index (χ2v) is 4.56. The molecule has 8 nitrogen and oxygen atoms in total. The number of hydrogen-bond donors (Lipinski definition) is 1. The molecular formula is C14H14N4O4. The van der Waals surface area contributed by atoms with Crippen molar-refractivity contribution in [3.05, 3.63) is 52.7 Å². The summed E-state index contributed by atoms with van der Waals surface area (Å²) in [6, 6.07) is 9.19. The molecule has 8 heteroatoms. The van der Waals surface area contributed by atoms with Gasteiger partial charge in [-0.2, -0.15) is 0 Å². The molecule has 2 amide bonds. The molecule has 0 aliphatic rings. The Hall–Kier alpha value is -3.16. The van der Waals surface area contributed by atoms with Crippen molar-refractivity contribution in [1.82, 2.24) is 9.88 Å². The largest absolute Gasteiger partial charge is 0.439 e. The molecule has 0 aliphatic heterocycles. The van der Waals surface area contributed by atoms with Gasteiger partial charge in [0.2, 0.25) is 5.88 Å². The smallest absolute Gasteiger partial charge is 0.321 e. The molecule has 0 bridgehead atoms. The number of urea groups is 1. The van der Waals surface area contributed by atoms with E-state index in [1.165, 1.54) is 17.0 Å². The fourth-order valence-corrected chi connectivity index (χ4v) is 1.50. The maximum atomic E-state index is 11.5. The number of rotatable bonds is 4. The molecule has 0 radical (unpaired) electrons. The molecule has 2 aromatic rings. The van der Waals surface area contributed by atoms with Gasteiger partial charge in [0.15, 0.2) is 0 Å². The van der Waals surface area contributed by atoms with Crippen LogP contribution in [0.25, 0.3) is 0 Å². The fraction of sp³-hybridized carbons (Fsp3) is 0.143. The number of pyridine rings is 1. The van der Waals surface area contributed by atoms with Gasteiger partial charge in [-0.15, -0.1) is 0 Å². The van der Waals surface area contributed by atoms with Crippen LogP contribution in [0.3, 0.4) is 0 Å². The summed E-state index contributed by atoms with van der Waals surface area (Å²) in [6.45, 7) is 0. The predicted molar refractivity (Wildman–Crippen MR) is 80.1 cm³/mol. The Bertz CT molecular complexity index is 668. The maximum absolute atomic E-state index is 11.5. The Morgan fingerprint density at radius 2 is 1.91 bits per heavy atom. The fourth-order valence-electron chi connectivity index (χ4n) is 1.50. The molecule has 1 heterocycles. The van der Waals surface area contributed by atoms with Gasteiger partial charge in [0.25, 0.3) is 5.69 Å². The molecular weight excluding hydrogens is 288 g/mol. The van der Waals surface area contributed by atoms with E-state index in [1.54, 1.807) is 38.4 Å². The molecule has 114 valence electrons. The summed E-state index contributed by atoms with van der Waals surface area (Å²) >= 11 is 0. The summed E-state index contributed by atoms with van der Waals surface area (Å²) in [7, 11) is 3.29. The van der Waals surface area contributed by atoms with E-state index < -0.39 is 4.92 Å². The van der Waals surface area contributed by atoms with Crippen LogP contribution < -0.4 is 10.1 Å². The summed E-state index contributed by atoms with van der Waals surface area (Å²) in [4.78, 5) is 26.8. The topological polar surface area (TPSA) is 97.6 Å². The summed E-state index contributed by atoms with van der Waals surface area (Å²) in [5, 5.41) is 13.2. The Kier molecular flexibility index (Phi) is 4.52. The first-order valence-electron chi connectivity index (χ1n) is 6.32. The third-order valence-electron chi connectivity index (χ3n) is 2.67. The molecule has 1 N–H and O–H groups in total. The summed E-state index contributed by atoms with van der Waals surface area (Å²) in [6.07, 6.45) is 1.13. The van der Waals surface area contributed by atoms with E-state index in [0.29, 0.717) is 11.4 Å². The molecule has 22 heavy (non-hydrogen) atoms. The Morgan fingerprint density at radius 1 is 1.23 bits per heavy atom. The first kappa shape index (κ1) is 15.2. The number of benzene rings is 1. The molecule has 0 fully saturated rings. The number of nitrogens with one attached hydrogen (secondary N) is 1. The van der Waals surface area contributed by atoms with Gasteiger partial charge in [-0.3, -0.25) is 10.1 Å². The summed E-state index contributed by atoms with van der Waals surface area (Å²) in [5.74, 6) is 0.750. The van der Waals surface area contributed by atoms with E-state index in [4.69, 9.17) is 4.74 Å². The van der Waals surface area contributed by atoms with Crippen LogP contribution in [-0.2, 0) is 0 Å². The van der Waals surface area contributed by atoms with Crippen molar-refractivity contribution in [3.63, 3.8) is 0 Å². The SMILES string of the molecule is CN(C)C(=O)Nc1ccc(Oc2ccc([N+](=O)[O-])cn2)cc1. The highest BCUT2D eigenvalue weighted by Crippen LogP contribution is 2.22. The zero-order valence-electron chi connectivity index (χ0n) is 12.0.